The van der Waals surface area contributed by atoms with E-state index in [1.54, 1.807) is 30.3 Å². The van der Waals surface area contributed by atoms with Gasteiger partial charge in [0.05, 0.1) is 23.4 Å². The first-order valence-electron chi connectivity index (χ1n) is 8.24. The lowest BCUT2D eigenvalue weighted by atomic mass is 10.2. The molecule has 0 bridgehead atoms. The van der Waals surface area contributed by atoms with Crippen LogP contribution >= 0.6 is 11.6 Å². The fraction of sp³-hybridized carbons (Fsp3) is 0.368. The number of hydrogen-bond donors (Lipinski definition) is 0. The molecular formula is C19H22ClNO3. The van der Waals surface area contributed by atoms with Gasteiger partial charge in [-0.3, -0.25) is 4.98 Å². The third-order valence-corrected chi connectivity index (χ3v) is 3.70. The number of ether oxygens (including phenoxy) is 2. The van der Waals surface area contributed by atoms with E-state index in [4.69, 9.17) is 21.1 Å². The fourth-order valence-corrected chi connectivity index (χ4v) is 2.36. The summed E-state index contributed by atoms with van der Waals surface area (Å²) in [7, 11) is 0. The van der Waals surface area contributed by atoms with Crippen molar-refractivity contribution in [3.8, 4) is 11.5 Å². The summed E-state index contributed by atoms with van der Waals surface area (Å²) in [6, 6.07) is 8.47. The minimum Gasteiger partial charge on any atom is -0.494 e. The van der Waals surface area contributed by atoms with Gasteiger partial charge in [0.15, 0.2) is 5.75 Å². The quantitative estimate of drug-likeness (QED) is 0.456. The van der Waals surface area contributed by atoms with E-state index < -0.39 is 5.97 Å². The smallest absolute Gasteiger partial charge is 0.343 e. The van der Waals surface area contributed by atoms with Crippen LogP contribution in [0.2, 0.25) is 5.02 Å². The highest BCUT2D eigenvalue weighted by atomic mass is 35.5. The Kier molecular flexibility index (Phi) is 7.56. The van der Waals surface area contributed by atoms with E-state index in [1.165, 1.54) is 38.1 Å². The second-order valence-corrected chi connectivity index (χ2v) is 5.95. The molecule has 1 aromatic carbocycles. The fourth-order valence-electron chi connectivity index (χ4n) is 2.20. The molecule has 0 unspecified atom stereocenters. The predicted molar refractivity (Wildman–Crippen MR) is 94.9 cm³/mol. The zero-order valence-electron chi connectivity index (χ0n) is 13.8. The summed E-state index contributed by atoms with van der Waals surface area (Å²) in [4.78, 5) is 15.9. The topological polar surface area (TPSA) is 48.4 Å². The zero-order valence-corrected chi connectivity index (χ0v) is 14.6. The molecule has 0 N–H and O–H groups in total. The lowest BCUT2D eigenvalue weighted by molar-refractivity contribution is 0.0734. The normalized spacial score (nSPS) is 10.4. The van der Waals surface area contributed by atoms with Crippen LogP contribution in [0.4, 0.5) is 0 Å². The summed E-state index contributed by atoms with van der Waals surface area (Å²) in [5, 5.41) is 0.419. The number of rotatable bonds is 9. The van der Waals surface area contributed by atoms with Gasteiger partial charge in [-0.25, -0.2) is 4.79 Å². The lowest BCUT2D eigenvalue weighted by Gasteiger charge is -2.07. The average Bonchev–Trinajstić information content (AvgIpc) is 2.58. The van der Waals surface area contributed by atoms with E-state index in [2.05, 4.69) is 11.9 Å². The standard InChI is InChI=1S/C19H22ClNO3/c1-2-3-4-5-6-11-23-17-9-7-15(8-10-17)19(22)24-18-12-16(20)13-21-14-18/h7-10,12-14H,2-6,11H2,1H3. The first kappa shape index (κ1) is 18.3. The first-order valence-corrected chi connectivity index (χ1v) is 8.62. The molecular weight excluding hydrogens is 326 g/mol. The maximum Gasteiger partial charge on any atom is 0.343 e. The van der Waals surface area contributed by atoms with E-state index in [0.29, 0.717) is 22.9 Å². The van der Waals surface area contributed by atoms with Crippen molar-refractivity contribution < 1.29 is 14.3 Å². The second kappa shape index (κ2) is 9.93. The highest BCUT2D eigenvalue weighted by Crippen LogP contribution is 2.18. The Morgan fingerprint density at radius 1 is 1.04 bits per heavy atom. The molecule has 0 aliphatic rings. The van der Waals surface area contributed by atoms with Gasteiger partial charge in [-0.2, -0.15) is 0 Å². The first-order chi connectivity index (χ1) is 11.7. The number of hydrogen-bond acceptors (Lipinski definition) is 4. The highest BCUT2D eigenvalue weighted by Gasteiger charge is 2.09. The van der Waals surface area contributed by atoms with Gasteiger partial charge in [0.1, 0.15) is 5.75 Å². The molecule has 24 heavy (non-hydrogen) atoms. The number of carbonyl (C=O) groups is 1. The SMILES string of the molecule is CCCCCCCOc1ccc(C(=O)Oc2cncc(Cl)c2)cc1. The Balaban J connectivity index is 1.79. The Morgan fingerprint density at radius 2 is 1.79 bits per heavy atom. The van der Waals surface area contributed by atoms with Crippen LogP contribution in [0.25, 0.3) is 0 Å². The number of carbonyl (C=O) groups excluding carboxylic acids is 1. The molecule has 0 radical (unpaired) electrons. The van der Waals surface area contributed by atoms with E-state index in [1.807, 2.05) is 0 Å². The number of nitrogens with zero attached hydrogens (tertiary/aromatic N) is 1. The third kappa shape index (κ3) is 6.20. The van der Waals surface area contributed by atoms with Crippen LogP contribution < -0.4 is 9.47 Å². The summed E-state index contributed by atoms with van der Waals surface area (Å²) in [5.41, 5.74) is 0.449. The van der Waals surface area contributed by atoms with Gasteiger partial charge in [-0.15, -0.1) is 0 Å². The minimum absolute atomic E-state index is 0.319. The molecule has 0 amide bonds. The Labute approximate surface area is 147 Å². The van der Waals surface area contributed by atoms with Crippen LogP contribution in [0, 0.1) is 0 Å². The predicted octanol–water partition coefficient (Wildman–Crippen LogP) is 5.30. The molecule has 0 spiro atoms. The van der Waals surface area contributed by atoms with Gasteiger partial charge in [0.25, 0.3) is 0 Å². The molecule has 1 heterocycles. The summed E-state index contributed by atoms with van der Waals surface area (Å²) < 4.78 is 10.9. The Bertz CT molecular complexity index is 643. The molecule has 0 saturated carbocycles. The summed E-state index contributed by atoms with van der Waals surface area (Å²) in [5.74, 6) is 0.622. The monoisotopic (exact) mass is 347 g/mol. The summed E-state index contributed by atoms with van der Waals surface area (Å²) >= 11 is 5.81. The largest absolute Gasteiger partial charge is 0.494 e. The van der Waals surface area contributed by atoms with Crippen molar-refractivity contribution >= 4 is 17.6 Å². The minimum atomic E-state index is -0.454. The molecule has 0 fully saturated rings. The van der Waals surface area contributed by atoms with Gasteiger partial charge in [-0.1, -0.05) is 44.2 Å². The van der Waals surface area contributed by atoms with Gasteiger partial charge in [0.2, 0.25) is 0 Å². The van der Waals surface area contributed by atoms with Crippen molar-refractivity contribution in [3.05, 3.63) is 53.3 Å². The summed E-state index contributed by atoms with van der Waals surface area (Å²) in [6.45, 7) is 2.90. The van der Waals surface area contributed by atoms with Crippen LogP contribution in [0.3, 0.4) is 0 Å². The van der Waals surface area contributed by atoms with Crippen LogP contribution in [-0.4, -0.2) is 17.6 Å². The number of aromatic nitrogens is 1. The molecule has 0 aliphatic carbocycles. The van der Waals surface area contributed by atoms with Crippen molar-refractivity contribution in [2.75, 3.05) is 6.61 Å². The van der Waals surface area contributed by atoms with Crippen LogP contribution in [0.5, 0.6) is 11.5 Å². The van der Waals surface area contributed by atoms with Gasteiger partial charge < -0.3 is 9.47 Å². The molecule has 4 nitrogen and oxygen atoms in total. The van der Waals surface area contributed by atoms with Gasteiger partial charge in [0, 0.05) is 12.3 Å². The van der Waals surface area contributed by atoms with E-state index in [0.717, 1.165) is 12.2 Å². The number of unbranched alkanes of at least 4 members (excludes halogenated alkanes) is 4. The molecule has 0 aliphatic heterocycles. The average molecular weight is 348 g/mol. The maximum absolute atomic E-state index is 12.1. The molecule has 1 aromatic heterocycles. The van der Waals surface area contributed by atoms with Crippen LogP contribution in [0.1, 0.15) is 49.4 Å². The van der Waals surface area contributed by atoms with Crippen LogP contribution in [-0.2, 0) is 0 Å². The molecule has 0 atom stereocenters. The second-order valence-electron chi connectivity index (χ2n) is 5.52. The van der Waals surface area contributed by atoms with Crippen molar-refractivity contribution in [2.45, 2.75) is 39.0 Å². The number of esters is 1. The van der Waals surface area contributed by atoms with E-state index in [-0.39, 0.29) is 0 Å². The molecule has 128 valence electrons. The molecule has 5 heteroatoms. The van der Waals surface area contributed by atoms with Crippen molar-refractivity contribution in [2.24, 2.45) is 0 Å². The number of halogens is 1. The molecule has 0 saturated heterocycles. The van der Waals surface area contributed by atoms with E-state index >= 15 is 0 Å². The molecule has 2 rings (SSSR count). The Morgan fingerprint density at radius 3 is 2.50 bits per heavy atom. The van der Waals surface area contributed by atoms with Crippen LogP contribution in [0.15, 0.2) is 42.7 Å². The van der Waals surface area contributed by atoms with Gasteiger partial charge in [-0.05, 0) is 30.7 Å². The summed E-state index contributed by atoms with van der Waals surface area (Å²) in [6.07, 6.45) is 8.93. The van der Waals surface area contributed by atoms with Gasteiger partial charge >= 0.3 is 5.97 Å². The van der Waals surface area contributed by atoms with Crippen molar-refractivity contribution in [1.82, 2.24) is 4.98 Å². The molecule has 2 aromatic rings. The third-order valence-electron chi connectivity index (χ3n) is 3.50. The Hall–Kier alpha value is -2.07. The van der Waals surface area contributed by atoms with Crippen molar-refractivity contribution in [1.29, 1.82) is 0 Å². The highest BCUT2D eigenvalue weighted by molar-refractivity contribution is 6.30. The zero-order chi connectivity index (χ0) is 17.2. The number of pyridine rings is 1. The lowest BCUT2D eigenvalue weighted by Crippen LogP contribution is -2.08. The maximum atomic E-state index is 12.1. The van der Waals surface area contributed by atoms with Crippen molar-refractivity contribution in [3.63, 3.8) is 0 Å². The van der Waals surface area contributed by atoms with E-state index in [9.17, 15) is 4.79 Å². The number of benzene rings is 1.